The maximum atomic E-state index is 14.1. The number of carbonyl (C=O) groups is 3. The van der Waals surface area contributed by atoms with Gasteiger partial charge in [-0.2, -0.15) is 0 Å². The standard InChI is InChI=1S/C37H58N6O6/c1-9-25(4)33(42(6)36(47)32(24(2)3)41-37-38-18-14-19-39-37)30(48-7)22-31(45)43-20-13-17-29(43)34(49-8)26(5)35(46)40-28(23-44)21-27-15-11-10-12-16-27/h10-12,14-16,18-19,24-26,28-30,32-34,44H,9,13,17,20-23H2,1-8H3,(H,40,46)(H,38,39,41)/t25-,26+,28-,29-,30+,32?,33-,34+/m0/s1. The fraction of sp³-hybridized carbons (Fsp3) is 0.649. The molecule has 3 rings (SSSR count). The molecule has 0 spiro atoms. The van der Waals surface area contributed by atoms with Crippen molar-refractivity contribution in [3.8, 4) is 0 Å². The van der Waals surface area contributed by atoms with Gasteiger partial charge in [-0.3, -0.25) is 14.4 Å². The quantitative estimate of drug-likeness (QED) is 0.203. The summed E-state index contributed by atoms with van der Waals surface area (Å²) in [4.78, 5) is 53.6. The number of ether oxygens (including phenoxy) is 2. The van der Waals surface area contributed by atoms with Gasteiger partial charge in [0.2, 0.25) is 23.7 Å². The van der Waals surface area contributed by atoms with E-state index < -0.39 is 30.2 Å². The number of benzene rings is 1. The average Bonchev–Trinajstić information content (AvgIpc) is 3.60. The molecule has 12 heteroatoms. The van der Waals surface area contributed by atoms with Crippen LogP contribution in [0.1, 0.15) is 65.9 Å². The molecule has 1 aromatic heterocycles. The topological polar surface area (TPSA) is 146 Å². The SMILES string of the molecule is CC[C@H](C)[C@@H]([C@@H](CC(=O)N1CCC[C@H]1[C@H](OC)[C@@H](C)C(=O)N[C@H](CO)Cc1ccccc1)OC)N(C)C(=O)C(Nc1ncccn1)C(C)C. The van der Waals surface area contributed by atoms with Crippen molar-refractivity contribution in [2.45, 2.75) is 103 Å². The van der Waals surface area contributed by atoms with E-state index in [-0.39, 0.29) is 54.7 Å². The summed E-state index contributed by atoms with van der Waals surface area (Å²) in [5.41, 5.74) is 1.02. The molecule has 1 aliphatic heterocycles. The van der Waals surface area contributed by atoms with Gasteiger partial charge >= 0.3 is 0 Å². The molecule has 3 amide bonds. The number of aromatic nitrogens is 2. The Balaban J connectivity index is 1.74. The minimum Gasteiger partial charge on any atom is -0.394 e. The fourth-order valence-electron chi connectivity index (χ4n) is 6.94. The lowest BCUT2D eigenvalue weighted by Crippen LogP contribution is -2.56. The highest BCUT2D eigenvalue weighted by Gasteiger charge is 2.42. The first-order valence-electron chi connectivity index (χ1n) is 17.6. The highest BCUT2D eigenvalue weighted by molar-refractivity contribution is 5.85. The van der Waals surface area contributed by atoms with Crippen LogP contribution < -0.4 is 10.6 Å². The Bertz CT molecular complexity index is 1300. The van der Waals surface area contributed by atoms with Gasteiger partial charge < -0.3 is 35.0 Å². The summed E-state index contributed by atoms with van der Waals surface area (Å²) >= 11 is 0. The van der Waals surface area contributed by atoms with E-state index in [4.69, 9.17) is 9.47 Å². The molecule has 12 nitrogen and oxygen atoms in total. The summed E-state index contributed by atoms with van der Waals surface area (Å²) in [5, 5.41) is 16.2. The van der Waals surface area contributed by atoms with Crippen molar-refractivity contribution in [1.82, 2.24) is 25.1 Å². The van der Waals surface area contributed by atoms with Crippen molar-refractivity contribution in [3.63, 3.8) is 0 Å². The number of carbonyl (C=O) groups excluding carboxylic acids is 3. The van der Waals surface area contributed by atoms with Crippen LogP contribution in [0.5, 0.6) is 0 Å². The Labute approximate surface area is 292 Å². The third-order valence-corrected chi connectivity index (χ3v) is 9.93. The number of hydrogen-bond donors (Lipinski definition) is 3. The second kappa shape index (κ2) is 19.5. The molecule has 3 N–H and O–H groups in total. The van der Waals surface area contributed by atoms with Crippen LogP contribution in [0.25, 0.3) is 0 Å². The van der Waals surface area contributed by atoms with Gasteiger partial charge in [0.25, 0.3) is 0 Å². The number of likely N-dealkylation sites (N-methyl/N-ethyl adjacent to an activating group) is 1. The van der Waals surface area contributed by atoms with Gasteiger partial charge in [0, 0.05) is 40.2 Å². The first kappa shape index (κ1) is 39.8. The van der Waals surface area contributed by atoms with Crippen molar-refractivity contribution >= 4 is 23.7 Å². The predicted molar refractivity (Wildman–Crippen MR) is 190 cm³/mol. The predicted octanol–water partition coefficient (Wildman–Crippen LogP) is 3.55. The molecule has 8 atom stereocenters. The molecule has 2 heterocycles. The highest BCUT2D eigenvalue weighted by atomic mass is 16.5. The number of nitrogens with zero attached hydrogens (tertiary/aromatic N) is 4. The molecule has 1 aromatic carbocycles. The zero-order chi connectivity index (χ0) is 36.1. The third kappa shape index (κ3) is 10.7. The summed E-state index contributed by atoms with van der Waals surface area (Å²) in [6.45, 7) is 10.2. The average molecular weight is 683 g/mol. The van der Waals surface area contributed by atoms with Gasteiger partial charge in [0.15, 0.2) is 0 Å². The second-order valence-electron chi connectivity index (χ2n) is 13.6. The molecule has 0 radical (unpaired) electrons. The normalized spacial score (nSPS) is 19.0. The lowest BCUT2D eigenvalue weighted by Gasteiger charge is -2.40. The molecule has 1 aliphatic rings. The van der Waals surface area contributed by atoms with Gasteiger partial charge in [0.1, 0.15) is 6.04 Å². The van der Waals surface area contributed by atoms with Gasteiger partial charge in [-0.25, -0.2) is 9.97 Å². The molecule has 0 bridgehead atoms. The van der Waals surface area contributed by atoms with Gasteiger partial charge in [-0.1, -0.05) is 71.4 Å². The molecular weight excluding hydrogens is 624 g/mol. The zero-order valence-electron chi connectivity index (χ0n) is 30.5. The van der Waals surface area contributed by atoms with E-state index in [0.717, 1.165) is 18.4 Å². The summed E-state index contributed by atoms with van der Waals surface area (Å²) in [5.74, 6) is -0.687. The van der Waals surface area contributed by atoms with Crippen LogP contribution in [-0.4, -0.2) is 113 Å². The Kier molecular flexibility index (Phi) is 15.9. The number of anilines is 1. The largest absolute Gasteiger partial charge is 0.394 e. The lowest BCUT2D eigenvalue weighted by atomic mass is 9.89. The monoisotopic (exact) mass is 682 g/mol. The van der Waals surface area contributed by atoms with Crippen LogP contribution in [0.2, 0.25) is 0 Å². The number of aliphatic hydroxyl groups excluding tert-OH is 1. The van der Waals surface area contributed by atoms with Crippen LogP contribution in [0.4, 0.5) is 5.95 Å². The van der Waals surface area contributed by atoms with Crippen LogP contribution in [0, 0.1) is 17.8 Å². The number of rotatable bonds is 19. The van der Waals surface area contributed by atoms with Crippen LogP contribution in [0.3, 0.4) is 0 Å². The van der Waals surface area contributed by atoms with E-state index in [9.17, 15) is 19.5 Å². The Morgan fingerprint density at radius 3 is 2.29 bits per heavy atom. The Morgan fingerprint density at radius 1 is 1.04 bits per heavy atom. The van der Waals surface area contributed by atoms with E-state index in [2.05, 4.69) is 34.4 Å². The summed E-state index contributed by atoms with van der Waals surface area (Å²) in [6.07, 6.45) is 4.97. The molecular formula is C37H58N6O6. The van der Waals surface area contributed by atoms with E-state index in [0.29, 0.717) is 25.3 Å². The van der Waals surface area contributed by atoms with E-state index >= 15 is 0 Å². The third-order valence-electron chi connectivity index (χ3n) is 9.93. The number of aliphatic hydroxyl groups is 1. The zero-order valence-corrected chi connectivity index (χ0v) is 30.5. The minimum absolute atomic E-state index is 0.0349. The number of amides is 3. The van der Waals surface area contributed by atoms with E-state index in [1.54, 1.807) is 51.6 Å². The van der Waals surface area contributed by atoms with Crippen LogP contribution in [0.15, 0.2) is 48.8 Å². The molecule has 2 aromatic rings. The minimum atomic E-state index is -0.580. The first-order valence-corrected chi connectivity index (χ1v) is 17.6. The van der Waals surface area contributed by atoms with Gasteiger partial charge in [-0.15, -0.1) is 0 Å². The fourth-order valence-corrected chi connectivity index (χ4v) is 6.94. The van der Waals surface area contributed by atoms with Crippen molar-refractivity contribution in [2.75, 3.05) is 39.7 Å². The summed E-state index contributed by atoms with van der Waals surface area (Å²) < 4.78 is 11.9. The molecule has 0 aliphatic carbocycles. The Hall–Kier alpha value is -3.61. The van der Waals surface area contributed by atoms with Gasteiger partial charge in [0.05, 0.1) is 49.3 Å². The van der Waals surface area contributed by atoms with Crippen molar-refractivity contribution in [1.29, 1.82) is 0 Å². The van der Waals surface area contributed by atoms with E-state index in [1.807, 2.05) is 49.1 Å². The molecule has 1 fully saturated rings. The molecule has 0 saturated carbocycles. The van der Waals surface area contributed by atoms with Gasteiger partial charge in [-0.05, 0) is 42.7 Å². The van der Waals surface area contributed by atoms with Crippen molar-refractivity contribution < 1.29 is 29.0 Å². The smallest absolute Gasteiger partial charge is 0.245 e. The summed E-state index contributed by atoms with van der Waals surface area (Å²) in [7, 11) is 4.93. The molecule has 1 saturated heterocycles. The molecule has 1 unspecified atom stereocenters. The second-order valence-corrected chi connectivity index (χ2v) is 13.6. The van der Waals surface area contributed by atoms with Crippen LogP contribution in [-0.2, 0) is 30.3 Å². The van der Waals surface area contributed by atoms with Crippen LogP contribution >= 0.6 is 0 Å². The Morgan fingerprint density at radius 2 is 1.71 bits per heavy atom. The maximum absolute atomic E-state index is 14.1. The number of likely N-dealkylation sites (tertiary alicyclic amines) is 1. The maximum Gasteiger partial charge on any atom is 0.245 e. The number of methoxy groups -OCH3 is 2. The first-order chi connectivity index (χ1) is 23.5. The van der Waals surface area contributed by atoms with E-state index in [1.165, 1.54) is 0 Å². The molecule has 49 heavy (non-hydrogen) atoms. The summed E-state index contributed by atoms with van der Waals surface area (Å²) in [6, 6.07) is 9.72. The highest BCUT2D eigenvalue weighted by Crippen LogP contribution is 2.30. The number of nitrogens with one attached hydrogen (secondary N) is 2. The van der Waals surface area contributed by atoms with Crippen molar-refractivity contribution in [2.24, 2.45) is 17.8 Å². The lowest BCUT2D eigenvalue weighted by molar-refractivity contribution is -0.146. The van der Waals surface area contributed by atoms with Crippen molar-refractivity contribution in [3.05, 3.63) is 54.4 Å². The number of hydrogen-bond acceptors (Lipinski definition) is 9. The molecule has 272 valence electrons.